The summed E-state index contributed by atoms with van der Waals surface area (Å²) in [5.41, 5.74) is 0. The fourth-order valence-corrected chi connectivity index (χ4v) is 7.95. The molecule has 0 radical (unpaired) electrons. The third-order valence-corrected chi connectivity index (χ3v) is 8.28. The van der Waals surface area contributed by atoms with Gasteiger partial charge in [-0.3, -0.25) is 0 Å². The predicted molar refractivity (Wildman–Crippen MR) is 74.9 cm³/mol. The molecule has 2 heteroatoms. The van der Waals surface area contributed by atoms with Gasteiger partial charge in [-0.15, -0.1) is 0 Å². The van der Waals surface area contributed by atoms with Crippen LogP contribution < -0.4 is 0 Å². The van der Waals surface area contributed by atoms with Crippen molar-refractivity contribution in [3.63, 3.8) is 0 Å². The largest absolute Gasteiger partial charge is 0.381 e. The van der Waals surface area contributed by atoms with Crippen molar-refractivity contribution in [2.45, 2.75) is 38.1 Å². The Balaban J connectivity index is 1.43. The van der Waals surface area contributed by atoms with Gasteiger partial charge in [-0.05, 0) is 66.1 Å². The van der Waals surface area contributed by atoms with E-state index in [-0.39, 0.29) is 0 Å². The van der Waals surface area contributed by atoms with Crippen molar-refractivity contribution in [3.05, 3.63) is 12.2 Å². The summed E-state index contributed by atoms with van der Waals surface area (Å²) in [7, 11) is 1.92. The molecule has 0 spiro atoms. The average Bonchev–Trinajstić information content (AvgIpc) is 3.23. The molecule has 0 aromatic rings. The number of rotatable bonds is 1. The van der Waals surface area contributed by atoms with E-state index in [1.54, 1.807) is 0 Å². The second-order valence-corrected chi connectivity index (χ2v) is 8.45. The second kappa shape index (κ2) is 3.35. The molecule has 2 saturated heterocycles. The fourth-order valence-electron chi connectivity index (χ4n) is 7.95. The lowest BCUT2D eigenvalue weighted by Crippen LogP contribution is -2.49. The van der Waals surface area contributed by atoms with Crippen LogP contribution in [-0.2, 0) is 9.47 Å². The molecule has 20 heavy (non-hydrogen) atoms. The molecule has 4 aliphatic carbocycles. The lowest BCUT2D eigenvalue weighted by Gasteiger charge is -2.44. The third-order valence-electron chi connectivity index (χ3n) is 8.28. The van der Waals surface area contributed by atoms with E-state index in [2.05, 4.69) is 19.1 Å². The van der Waals surface area contributed by atoms with Gasteiger partial charge < -0.3 is 9.47 Å². The van der Waals surface area contributed by atoms with Crippen molar-refractivity contribution in [1.29, 1.82) is 0 Å². The van der Waals surface area contributed by atoms with Crippen LogP contribution in [0.1, 0.15) is 19.8 Å². The van der Waals surface area contributed by atoms with Crippen LogP contribution in [0.4, 0.5) is 0 Å². The summed E-state index contributed by atoms with van der Waals surface area (Å²) >= 11 is 0. The minimum Gasteiger partial charge on any atom is -0.381 e. The normalized spacial score (nSPS) is 70.9. The summed E-state index contributed by atoms with van der Waals surface area (Å²) in [4.78, 5) is 0. The lowest BCUT2D eigenvalue weighted by molar-refractivity contribution is -0.0398. The molecule has 0 aromatic heterocycles. The van der Waals surface area contributed by atoms with E-state index in [1.807, 2.05) is 7.11 Å². The van der Waals surface area contributed by atoms with Crippen LogP contribution in [0.5, 0.6) is 0 Å². The van der Waals surface area contributed by atoms with Gasteiger partial charge in [-0.1, -0.05) is 19.1 Å². The lowest BCUT2D eigenvalue weighted by atomic mass is 9.59. The fraction of sp³-hybridized carbons (Fsp3) is 0.889. The van der Waals surface area contributed by atoms with Crippen molar-refractivity contribution < 1.29 is 9.47 Å². The Kier molecular flexibility index (Phi) is 1.89. The predicted octanol–water partition coefficient (Wildman–Crippen LogP) is 2.74. The Morgan fingerprint density at radius 3 is 2.20 bits per heavy atom. The van der Waals surface area contributed by atoms with Gasteiger partial charge >= 0.3 is 0 Å². The van der Waals surface area contributed by atoms with E-state index < -0.39 is 0 Å². The number of ether oxygens (including phenoxy) is 2. The summed E-state index contributed by atoms with van der Waals surface area (Å²) in [5.74, 6) is 7.58. The standard InChI is InChI=1S/C18H24O2/c1-7-10-6-11(16(7)19-2)15-14(10)17-12-8-3-4-9(5-8)13(12)18(15)20-17/h3-4,7-18H,5-6H2,1-2H3. The molecule has 108 valence electrons. The van der Waals surface area contributed by atoms with Crippen molar-refractivity contribution in [2.75, 3.05) is 7.11 Å². The molecule has 0 aromatic carbocycles. The number of fused-ring (bicyclic) bond motifs is 16. The molecule has 12 unspecified atom stereocenters. The molecule has 6 rings (SSSR count). The van der Waals surface area contributed by atoms with Gasteiger partial charge in [0, 0.05) is 7.11 Å². The van der Waals surface area contributed by atoms with Crippen LogP contribution in [0.15, 0.2) is 12.2 Å². The number of allylic oxidation sites excluding steroid dienone is 2. The zero-order chi connectivity index (χ0) is 13.2. The summed E-state index contributed by atoms with van der Waals surface area (Å²) in [6.07, 6.45) is 9.57. The molecule has 2 nitrogen and oxygen atoms in total. The Hall–Kier alpha value is -0.340. The molecule has 6 bridgehead atoms. The molecule has 2 heterocycles. The molecule has 0 amide bonds. The third kappa shape index (κ3) is 0.982. The van der Waals surface area contributed by atoms with E-state index in [0.29, 0.717) is 18.3 Å². The quantitative estimate of drug-likeness (QED) is 0.683. The van der Waals surface area contributed by atoms with Gasteiger partial charge in [0.25, 0.3) is 0 Å². The van der Waals surface area contributed by atoms with Gasteiger partial charge in [0.15, 0.2) is 0 Å². The Labute approximate surface area is 120 Å². The highest BCUT2D eigenvalue weighted by Gasteiger charge is 2.73. The topological polar surface area (TPSA) is 18.5 Å². The van der Waals surface area contributed by atoms with Crippen LogP contribution in [0, 0.1) is 53.3 Å². The van der Waals surface area contributed by atoms with E-state index in [0.717, 1.165) is 53.3 Å². The maximum Gasteiger partial charge on any atom is 0.0652 e. The maximum absolute atomic E-state index is 6.61. The first-order valence-electron chi connectivity index (χ1n) is 8.66. The summed E-state index contributed by atoms with van der Waals surface area (Å²) in [6, 6.07) is 0. The van der Waals surface area contributed by atoms with Gasteiger partial charge in [-0.25, -0.2) is 0 Å². The number of methoxy groups -OCH3 is 1. The Morgan fingerprint density at radius 1 is 0.900 bits per heavy atom. The molecule has 12 atom stereocenters. The molecule has 0 N–H and O–H groups in total. The van der Waals surface area contributed by atoms with Crippen LogP contribution in [-0.4, -0.2) is 25.4 Å². The molecule has 2 aliphatic heterocycles. The van der Waals surface area contributed by atoms with Crippen LogP contribution in [0.2, 0.25) is 0 Å². The smallest absolute Gasteiger partial charge is 0.0652 e. The Bertz CT molecular complexity index is 500. The highest BCUT2D eigenvalue weighted by Crippen LogP contribution is 2.71. The molecule has 5 fully saturated rings. The first kappa shape index (κ1) is 11.3. The Morgan fingerprint density at radius 2 is 1.55 bits per heavy atom. The number of hydrogen-bond acceptors (Lipinski definition) is 2. The summed E-state index contributed by atoms with van der Waals surface area (Å²) < 4.78 is 12.5. The highest BCUT2D eigenvalue weighted by molar-refractivity contribution is 5.26. The summed E-state index contributed by atoms with van der Waals surface area (Å²) in [5, 5.41) is 0. The second-order valence-electron chi connectivity index (χ2n) is 8.45. The van der Waals surface area contributed by atoms with Gasteiger partial charge in [-0.2, -0.15) is 0 Å². The van der Waals surface area contributed by atoms with Crippen LogP contribution in [0.25, 0.3) is 0 Å². The van der Waals surface area contributed by atoms with Crippen molar-refractivity contribution in [2.24, 2.45) is 53.3 Å². The molecular formula is C18H24O2. The van der Waals surface area contributed by atoms with Crippen molar-refractivity contribution in [3.8, 4) is 0 Å². The maximum atomic E-state index is 6.61. The summed E-state index contributed by atoms with van der Waals surface area (Å²) in [6.45, 7) is 2.43. The van der Waals surface area contributed by atoms with E-state index in [1.165, 1.54) is 12.8 Å². The minimum atomic E-state index is 0.511. The molecule has 6 aliphatic rings. The van der Waals surface area contributed by atoms with E-state index >= 15 is 0 Å². The average molecular weight is 272 g/mol. The van der Waals surface area contributed by atoms with Gasteiger partial charge in [0.05, 0.1) is 18.3 Å². The first-order valence-corrected chi connectivity index (χ1v) is 8.66. The highest BCUT2D eigenvalue weighted by atomic mass is 16.5. The molecule has 3 saturated carbocycles. The minimum absolute atomic E-state index is 0.511. The zero-order valence-electron chi connectivity index (χ0n) is 12.3. The van der Waals surface area contributed by atoms with Crippen LogP contribution in [0.3, 0.4) is 0 Å². The first-order chi connectivity index (χ1) is 9.79. The van der Waals surface area contributed by atoms with Crippen molar-refractivity contribution in [1.82, 2.24) is 0 Å². The van der Waals surface area contributed by atoms with Crippen LogP contribution >= 0.6 is 0 Å². The van der Waals surface area contributed by atoms with Gasteiger partial charge in [0.2, 0.25) is 0 Å². The number of hydrogen-bond donors (Lipinski definition) is 0. The van der Waals surface area contributed by atoms with Gasteiger partial charge in [0.1, 0.15) is 0 Å². The van der Waals surface area contributed by atoms with E-state index in [9.17, 15) is 0 Å². The SMILES string of the molecule is COC1C(C)C2CC1C1C3OC(C4C5C=CC(C5)C34)C21. The van der Waals surface area contributed by atoms with Crippen molar-refractivity contribution >= 4 is 0 Å². The van der Waals surface area contributed by atoms with E-state index in [4.69, 9.17) is 9.47 Å². The monoisotopic (exact) mass is 272 g/mol. The molecular weight excluding hydrogens is 248 g/mol. The zero-order valence-corrected chi connectivity index (χ0v) is 12.3.